The molecule has 2 aromatic carbocycles. The van der Waals surface area contributed by atoms with Crippen LogP contribution in [0.2, 0.25) is 0 Å². The molecule has 2 atom stereocenters. The van der Waals surface area contributed by atoms with Gasteiger partial charge in [0.25, 0.3) is 11.8 Å². The number of hydrogen-bond donors (Lipinski definition) is 2. The fourth-order valence-electron chi connectivity index (χ4n) is 9.13. The van der Waals surface area contributed by atoms with Gasteiger partial charge in [-0.05, 0) is 149 Å². The standard InChI is InChI=1S/C56H66BrF4N9O8S2/c1-34-42(32-62-47(69-23-13-19-55(58,59)21-25-69)45(34)49(71)65-38-15-11-17-40(30-38)79(9,75)67-51(73)77-53(3,4)5)44-18-12-16-37(64-44)27-36-28-39(31-41(29-36)80(10,76)68-52(74)78-54(6,7)8)66-50(72)46-35(2)43(57)33-63-48(46)70-24-14-20-56(60,61)22-26-70/h11-12,15-18,28-33H,13-14,19-27H2,1-10H3,(H,65,71)(H,66,72). The van der Waals surface area contributed by atoms with Gasteiger partial charge in [-0.1, -0.05) is 12.1 Å². The molecule has 2 aliphatic heterocycles. The lowest BCUT2D eigenvalue weighted by Crippen LogP contribution is -2.30. The van der Waals surface area contributed by atoms with Gasteiger partial charge in [0.05, 0.1) is 41.2 Å². The second-order valence-electron chi connectivity index (χ2n) is 22.1. The average Bonchev–Trinajstić information content (AvgIpc) is 3.63. The molecule has 0 spiro atoms. The van der Waals surface area contributed by atoms with Crippen LogP contribution in [0.1, 0.15) is 123 Å². The second kappa shape index (κ2) is 23.9. The number of benzene rings is 2. The summed E-state index contributed by atoms with van der Waals surface area (Å²) in [5.41, 5.74) is 1.30. The van der Waals surface area contributed by atoms with Crippen molar-refractivity contribution in [2.45, 2.75) is 133 Å². The Balaban J connectivity index is 1.27. The second-order valence-corrected chi connectivity index (χ2v) is 27.4. The molecule has 3 aromatic heterocycles. The molecular formula is C56H66BrF4N9O8S2. The SMILES string of the molecule is Cc1c(Br)cnc(N2CCCC(F)(F)CC2)c1C(=O)Nc1cc(Cc2cccc(-c3cnc(N4CCCC(F)(F)CC4)c(C(=O)Nc4cccc(S(C)(=O)=NC(=O)OC(C)(C)C)c4)c3C)n2)cc(S(C)(=O)=NC(=O)OC(C)(C)C)c1. The van der Waals surface area contributed by atoms with Gasteiger partial charge in [-0.15, -0.1) is 8.73 Å². The maximum atomic E-state index is 14.7. The topological polar surface area (TPSA) is 215 Å². The fourth-order valence-corrected chi connectivity index (χ4v) is 11.7. The molecule has 4 amide bonds. The predicted molar refractivity (Wildman–Crippen MR) is 304 cm³/mol. The van der Waals surface area contributed by atoms with Crippen LogP contribution in [0.5, 0.6) is 0 Å². The van der Waals surface area contributed by atoms with Crippen LogP contribution < -0.4 is 20.4 Å². The van der Waals surface area contributed by atoms with Gasteiger partial charge in [-0.3, -0.25) is 14.6 Å². The largest absolute Gasteiger partial charge is 0.442 e. The summed E-state index contributed by atoms with van der Waals surface area (Å²) in [6.07, 6.45) is 2.31. The van der Waals surface area contributed by atoms with E-state index in [0.717, 1.165) is 0 Å². The van der Waals surface area contributed by atoms with Crippen molar-refractivity contribution in [3.8, 4) is 11.3 Å². The third kappa shape index (κ3) is 15.9. The van der Waals surface area contributed by atoms with Gasteiger partial charge in [0.1, 0.15) is 22.8 Å². The summed E-state index contributed by atoms with van der Waals surface area (Å²) in [4.78, 5) is 72.5. The van der Waals surface area contributed by atoms with Crippen LogP contribution in [0, 0.1) is 13.8 Å². The average molecular weight is 1210 g/mol. The van der Waals surface area contributed by atoms with E-state index in [-0.39, 0.29) is 102 Å². The summed E-state index contributed by atoms with van der Waals surface area (Å²) in [6.45, 7) is 13.5. The Morgan fingerprint density at radius 2 is 1.16 bits per heavy atom. The lowest BCUT2D eigenvalue weighted by atomic mass is 10.00. The van der Waals surface area contributed by atoms with Gasteiger partial charge in [-0.25, -0.2) is 45.5 Å². The van der Waals surface area contributed by atoms with Gasteiger partial charge in [0.15, 0.2) is 0 Å². The van der Waals surface area contributed by atoms with Crippen LogP contribution in [0.15, 0.2) is 96.0 Å². The molecular weight excluding hydrogens is 1150 g/mol. The number of nitrogens with one attached hydrogen (secondary N) is 2. The lowest BCUT2D eigenvalue weighted by molar-refractivity contribution is -0.0108. The maximum absolute atomic E-state index is 14.7. The molecule has 24 heteroatoms. The highest BCUT2D eigenvalue weighted by Gasteiger charge is 2.36. The van der Waals surface area contributed by atoms with Crippen LogP contribution in [-0.4, -0.2) is 109 Å². The number of aromatic nitrogens is 3. The molecule has 17 nitrogen and oxygen atoms in total. The Labute approximate surface area is 472 Å². The summed E-state index contributed by atoms with van der Waals surface area (Å²) in [5.74, 6) is -6.71. The van der Waals surface area contributed by atoms with Crippen molar-refractivity contribution < 1.29 is 54.6 Å². The first-order chi connectivity index (χ1) is 37.2. The molecule has 0 aliphatic carbocycles. The third-order valence-corrected chi connectivity index (χ3v) is 17.0. The van der Waals surface area contributed by atoms with Gasteiger partial charge in [0, 0.05) is 115 Å². The van der Waals surface area contributed by atoms with Crippen LogP contribution in [0.3, 0.4) is 0 Å². The Kier molecular flexibility index (Phi) is 18.2. The number of rotatable bonds is 11. The minimum Gasteiger partial charge on any atom is -0.442 e. The van der Waals surface area contributed by atoms with E-state index in [4.69, 9.17) is 19.4 Å². The van der Waals surface area contributed by atoms with Crippen LogP contribution >= 0.6 is 15.9 Å². The minimum absolute atomic E-state index is 0.0411. The smallest absolute Gasteiger partial charge is 0.442 e. The Morgan fingerprint density at radius 1 is 0.662 bits per heavy atom. The van der Waals surface area contributed by atoms with Crippen LogP contribution in [0.4, 0.5) is 50.2 Å². The highest BCUT2D eigenvalue weighted by molar-refractivity contribution is 9.10. The van der Waals surface area contributed by atoms with E-state index >= 15 is 0 Å². The van der Waals surface area contributed by atoms with Crippen molar-refractivity contribution in [2.75, 3.05) is 59.1 Å². The van der Waals surface area contributed by atoms with Crippen LogP contribution in [-0.2, 0) is 35.4 Å². The minimum atomic E-state index is -3.56. The number of nitrogens with zero attached hydrogens (tertiary/aromatic N) is 7. The van der Waals surface area contributed by atoms with Crippen molar-refractivity contribution in [3.05, 3.63) is 111 Å². The summed E-state index contributed by atoms with van der Waals surface area (Å²) in [7, 11) is -6.92. The van der Waals surface area contributed by atoms with Crippen LogP contribution in [0.25, 0.3) is 11.3 Å². The summed E-state index contributed by atoms with van der Waals surface area (Å²) < 4.78 is 106. The predicted octanol–water partition coefficient (Wildman–Crippen LogP) is 13.0. The first kappa shape index (κ1) is 61.1. The molecule has 5 heterocycles. The van der Waals surface area contributed by atoms with Crippen molar-refractivity contribution in [1.29, 1.82) is 0 Å². The van der Waals surface area contributed by atoms with Gasteiger partial charge in [0.2, 0.25) is 11.8 Å². The number of ether oxygens (including phenoxy) is 2. The summed E-state index contributed by atoms with van der Waals surface area (Å²) in [5, 5.41) is 5.76. The zero-order chi connectivity index (χ0) is 58.8. The van der Waals surface area contributed by atoms with Crippen molar-refractivity contribution in [2.24, 2.45) is 8.73 Å². The number of anilines is 4. The number of carbonyl (C=O) groups excluding carboxylic acids is 4. The summed E-state index contributed by atoms with van der Waals surface area (Å²) in [6, 6.07) is 15.8. The molecule has 5 aromatic rings. The fraction of sp³-hybridized carbons (Fsp3) is 0.446. The Hall–Kier alpha value is -6.53. The molecule has 0 saturated carbocycles. The van der Waals surface area contributed by atoms with Gasteiger partial charge < -0.3 is 29.9 Å². The third-order valence-electron chi connectivity index (χ3n) is 13.0. The monoisotopic (exact) mass is 1210 g/mol. The molecule has 80 heavy (non-hydrogen) atoms. The number of pyridine rings is 3. The quantitative estimate of drug-likeness (QED) is 0.118. The number of halogens is 5. The molecule has 0 radical (unpaired) electrons. The highest BCUT2D eigenvalue weighted by atomic mass is 79.9. The highest BCUT2D eigenvalue weighted by Crippen LogP contribution is 2.37. The number of carbonyl (C=O) groups is 4. The van der Waals surface area contributed by atoms with E-state index in [2.05, 4.69) is 40.3 Å². The Bertz CT molecular complexity index is 3500. The molecule has 7 rings (SSSR count). The van der Waals surface area contributed by atoms with E-state index in [0.29, 0.717) is 38.1 Å². The zero-order valence-electron chi connectivity index (χ0n) is 46.3. The normalized spacial score (nSPS) is 17.1. The van der Waals surface area contributed by atoms with Gasteiger partial charge >= 0.3 is 12.2 Å². The van der Waals surface area contributed by atoms with Crippen molar-refractivity contribution in [3.63, 3.8) is 0 Å². The number of alkyl halides is 4. The van der Waals surface area contributed by atoms with E-state index < -0.39 is 79.3 Å². The molecule has 2 N–H and O–H groups in total. The molecule has 2 fully saturated rings. The van der Waals surface area contributed by atoms with E-state index in [1.165, 1.54) is 49.2 Å². The van der Waals surface area contributed by atoms with E-state index in [1.54, 1.807) is 102 Å². The molecule has 2 unspecified atom stereocenters. The zero-order valence-corrected chi connectivity index (χ0v) is 49.5. The molecule has 2 aliphatic rings. The molecule has 2 saturated heterocycles. The Morgan fingerprint density at radius 3 is 1.73 bits per heavy atom. The van der Waals surface area contributed by atoms with E-state index in [9.17, 15) is 45.2 Å². The first-order valence-electron chi connectivity index (χ1n) is 25.8. The first-order valence-corrected chi connectivity index (χ1v) is 30.5. The number of amides is 4. The van der Waals surface area contributed by atoms with E-state index in [1.807, 2.05) is 0 Å². The molecule has 0 bridgehead atoms. The number of hydrogen-bond acceptors (Lipinski definition) is 13. The van der Waals surface area contributed by atoms with Gasteiger partial charge in [-0.2, -0.15) is 0 Å². The van der Waals surface area contributed by atoms with Crippen molar-refractivity contribution >= 4 is 82.4 Å². The van der Waals surface area contributed by atoms with Crippen molar-refractivity contribution in [1.82, 2.24) is 15.0 Å². The molecule has 430 valence electrons. The maximum Gasteiger partial charge on any atom is 0.442 e. The lowest BCUT2D eigenvalue weighted by Gasteiger charge is -2.26. The summed E-state index contributed by atoms with van der Waals surface area (Å²) >= 11 is 3.46.